The summed E-state index contributed by atoms with van der Waals surface area (Å²) < 4.78 is 27.2. The highest BCUT2D eigenvalue weighted by Crippen LogP contribution is 2.28. The SMILES string of the molecule is O=C(C1CCN(S(=O)(=O)c2cccs2)CC1)N1CCN(c2ncccc2Cl)CC1. The predicted molar refractivity (Wildman–Crippen MR) is 114 cm³/mol. The molecule has 0 bridgehead atoms. The first-order valence-corrected chi connectivity index (χ1v) is 12.3. The normalized spacial score (nSPS) is 19.5. The number of hydrogen-bond donors (Lipinski definition) is 0. The maximum atomic E-state index is 12.9. The topological polar surface area (TPSA) is 73.8 Å². The van der Waals surface area contributed by atoms with Crippen LogP contribution in [0.1, 0.15) is 12.8 Å². The van der Waals surface area contributed by atoms with Gasteiger partial charge in [0.2, 0.25) is 5.91 Å². The van der Waals surface area contributed by atoms with Crippen molar-refractivity contribution in [1.82, 2.24) is 14.2 Å². The number of anilines is 1. The molecule has 2 aliphatic heterocycles. The van der Waals surface area contributed by atoms with Crippen LogP contribution in [-0.4, -0.2) is 67.8 Å². The summed E-state index contributed by atoms with van der Waals surface area (Å²) >= 11 is 7.46. The summed E-state index contributed by atoms with van der Waals surface area (Å²) in [4.78, 5) is 21.3. The van der Waals surface area contributed by atoms with Crippen LogP contribution in [0.4, 0.5) is 5.82 Å². The van der Waals surface area contributed by atoms with Crippen LogP contribution < -0.4 is 4.90 Å². The molecule has 2 aromatic rings. The van der Waals surface area contributed by atoms with Crippen LogP contribution >= 0.6 is 22.9 Å². The third-order valence-electron chi connectivity index (χ3n) is 5.52. The lowest BCUT2D eigenvalue weighted by Crippen LogP contribution is -2.52. The average Bonchev–Trinajstić information content (AvgIpc) is 3.30. The van der Waals surface area contributed by atoms with Gasteiger partial charge in [0.05, 0.1) is 5.02 Å². The van der Waals surface area contributed by atoms with E-state index in [1.165, 1.54) is 15.6 Å². The van der Waals surface area contributed by atoms with Gasteiger partial charge in [0.15, 0.2) is 0 Å². The number of halogens is 1. The number of piperidine rings is 1. The molecule has 0 aliphatic carbocycles. The van der Waals surface area contributed by atoms with Crippen molar-refractivity contribution in [2.45, 2.75) is 17.1 Å². The Bertz CT molecular complexity index is 952. The average molecular weight is 455 g/mol. The predicted octanol–water partition coefficient (Wildman–Crippen LogP) is 2.55. The van der Waals surface area contributed by atoms with Crippen molar-refractivity contribution in [3.8, 4) is 0 Å². The minimum atomic E-state index is -3.43. The minimum absolute atomic E-state index is 0.116. The maximum Gasteiger partial charge on any atom is 0.252 e. The molecule has 2 saturated heterocycles. The third-order valence-corrected chi connectivity index (χ3v) is 9.09. The zero-order chi connectivity index (χ0) is 20.4. The summed E-state index contributed by atoms with van der Waals surface area (Å²) in [5, 5.41) is 2.38. The third kappa shape index (κ3) is 4.28. The fourth-order valence-electron chi connectivity index (χ4n) is 3.89. The minimum Gasteiger partial charge on any atom is -0.352 e. The lowest BCUT2D eigenvalue weighted by Gasteiger charge is -2.38. The summed E-state index contributed by atoms with van der Waals surface area (Å²) in [5.74, 6) is 0.771. The molecule has 1 amide bonds. The van der Waals surface area contributed by atoms with E-state index in [4.69, 9.17) is 11.6 Å². The molecule has 0 aromatic carbocycles. The highest BCUT2D eigenvalue weighted by molar-refractivity contribution is 7.91. The first-order valence-electron chi connectivity index (χ1n) is 9.65. The number of carbonyl (C=O) groups excluding carboxylic acids is 1. The highest BCUT2D eigenvalue weighted by Gasteiger charge is 2.35. The first-order chi connectivity index (χ1) is 14.0. The number of sulfonamides is 1. The van der Waals surface area contributed by atoms with Crippen LogP contribution in [0.5, 0.6) is 0 Å². The standard InChI is InChI=1S/C19H23ClN4O3S2/c20-16-3-1-7-21-18(16)22-10-12-23(13-11-22)19(25)15-5-8-24(9-6-15)29(26,27)17-4-2-14-28-17/h1-4,7,14-15H,5-6,8-13H2. The molecule has 0 radical (unpaired) electrons. The van der Waals surface area contributed by atoms with E-state index >= 15 is 0 Å². The molecule has 0 unspecified atom stereocenters. The van der Waals surface area contributed by atoms with E-state index in [1.54, 1.807) is 29.8 Å². The quantitative estimate of drug-likeness (QED) is 0.709. The van der Waals surface area contributed by atoms with Crippen molar-refractivity contribution in [2.75, 3.05) is 44.2 Å². The lowest BCUT2D eigenvalue weighted by atomic mass is 9.96. The number of aromatic nitrogens is 1. The number of thiophene rings is 1. The second-order valence-corrected chi connectivity index (χ2v) is 10.8. The van der Waals surface area contributed by atoms with Crippen LogP contribution in [0.15, 0.2) is 40.1 Å². The van der Waals surface area contributed by atoms with Crippen LogP contribution in [0.25, 0.3) is 0 Å². The van der Waals surface area contributed by atoms with Crippen molar-refractivity contribution in [1.29, 1.82) is 0 Å². The Hall–Kier alpha value is -1.68. The summed E-state index contributed by atoms with van der Waals surface area (Å²) in [7, 11) is -3.43. The zero-order valence-corrected chi connectivity index (χ0v) is 18.3. The molecule has 2 fully saturated rings. The van der Waals surface area contributed by atoms with Gasteiger partial charge in [-0.05, 0) is 36.4 Å². The summed E-state index contributed by atoms with van der Waals surface area (Å²) in [5.41, 5.74) is 0. The molecule has 0 spiro atoms. The Morgan fingerprint density at radius 2 is 1.79 bits per heavy atom. The number of carbonyl (C=O) groups is 1. The lowest BCUT2D eigenvalue weighted by molar-refractivity contribution is -0.137. The largest absolute Gasteiger partial charge is 0.352 e. The Labute approximate surface area is 179 Å². The fourth-order valence-corrected chi connectivity index (χ4v) is 6.74. The highest BCUT2D eigenvalue weighted by atomic mass is 35.5. The van der Waals surface area contributed by atoms with Gasteiger partial charge in [0.1, 0.15) is 10.0 Å². The number of rotatable bonds is 4. The van der Waals surface area contributed by atoms with Gasteiger partial charge in [-0.15, -0.1) is 11.3 Å². The molecule has 2 aliphatic rings. The van der Waals surface area contributed by atoms with Crippen molar-refractivity contribution >= 4 is 44.7 Å². The first kappa shape index (κ1) is 20.6. The monoisotopic (exact) mass is 454 g/mol. The molecule has 0 atom stereocenters. The Morgan fingerprint density at radius 1 is 1.07 bits per heavy atom. The second-order valence-electron chi connectivity index (χ2n) is 7.23. The van der Waals surface area contributed by atoms with Crippen molar-refractivity contribution in [3.63, 3.8) is 0 Å². The van der Waals surface area contributed by atoms with Gasteiger partial charge < -0.3 is 9.80 Å². The molecule has 2 aromatic heterocycles. The van der Waals surface area contributed by atoms with Crippen LogP contribution in [-0.2, 0) is 14.8 Å². The van der Waals surface area contributed by atoms with Gasteiger partial charge in [-0.3, -0.25) is 4.79 Å². The molecule has 29 heavy (non-hydrogen) atoms. The maximum absolute atomic E-state index is 12.9. The summed E-state index contributed by atoms with van der Waals surface area (Å²) in [6.07, 6.45) is 2.85. The van der Waals surface area contributed by atoms with Gasteiger partial charge in [-0.1, -0.05) is 17.7 Å². The second kappa shape index (κ2) is 8.59. The molecule has 0 N–H and O–H groups in total. The van der Waals surface area contributed by atoms with Crippen molar-refractivity contribution in [3.05, 3.63) is 40.9 Å². The van der Waals surface area contributed by atoms with E-state index in [0.29, 0.717) is 61.3 Å². The van der Waals surface area contributed by atoms with Gasteiger partial charge in [0, 0.05) is 51.4 Å². The summed E-state index contributed by atoms with van der Waals surface area (Å²) in [6.45, 7) is 3.40. The van der Waals surface area contributed by atoms with Gasteiger partial charge in [0.25, 0.3) is 10.0 Å². The van der Waals surface area contributed by atoms with E-state index < -0.39 is 10.0 Å². The van der Waals surface area contributed by atoms with E-state index in [9.17, 15) is 13.2 Å². The molecule has 4 heterocycles. The Morgan fingerprint density at radius 3 is 2.41 bits per heavy atom. The Balaban J connectivity index is 1.31. The molecular weight excluding hydrogens is 432 g/mol. The number of pyridine rings is 1. The van der Waals surface area contributed by atoms with Gasteiger partial charge in [-0.25, -0.2) is 13.4 Å². The van der Waals surface area contributed by atoms with Crippen molar-refractivity contribution < 1.29 is 13.2 Å². The molecule has 156 valence electrons. The number of amides is 1. The van der Waals surface area contributed by atoms with E-state index in [1.807, 2.05) is 11.0 Å². The molecule has 4 rings (SSSR count). The molecule has 0 saturated carbocycles. The zero-order valence-electron chi connectivity index (χ0n) is 15.9. The van der Waals surface area contributed by atoms with Gasteiger partial charge >= 0.3 is 0 Å². The number of piperazine rings is 1. The molecule has 10 heteroatoms. The Kier molecular flexibility index (Phi) is 6.10. The van der Waals surface area contributed by atoms with Crippen LogP contribution in [0.3, 0.4) is 0 Å². The molecule has 7 nitrogen and oxygen atoms in total. The van der Waals surface area contributed by atoms with Crippen LogP contribution in [0, 0.1) is 5.92 Å². The van der Waals surface area contributed by atoms with Crippen molar-refractivity contribution in [2.24, 2.45) is 5.92 Å². The number of hydrogen-bond acceptors (Lipinski definition) is 6. The van der Waals surface area contributed by atoms with Gasteiger partial charge in [-0.2, -0.15) is 4.31 Å². The fraction of sp³-hybridized carbons (Fsp3) is 0.474. The van der Waals surface area contributed by atoms with E-state index in [-0.39, 0.29) is 11.8 Å². The summed E-state index contributed by atoms with van der Waals surface area (Å²) in [6, 6.07) is 6.99. The van der Waals surface area contributed by atoms with E-state index in [0.717, 1.165) is 5.82 Å². The van der Waals surface area contributed by atoms with E-state index in [2.05, 4.69) is 9.88 Å². The van der Waals surface area contributed by atoms with Crippen LogP contribution in [0.2, 0.25) is 5.02 Å². The molecular formula is C19H23ClN4O3S2. The number of nitrogens with zero attached hydrogens (tertiary/aromatic N) is 4. The smallest absolute Gasteiger partial charge is 0.252 e.